The first-order valence-corrected chi connectivity index (χ1v) is 4.75. The molecule has 0 aliphatic carbocycles. The van der Waals surface area contributed by atoms with E-state index in [-0.39, 0.29) is 5.78 Å². The molecule has 0 spiro atoms. The molecule has 0 saturated heterocycles. The van der Waals surface area contributed by atoms with E-state index in [2.05, 4.69) is 15.9 Å². The molecule has 0 unspecified atom stereocenters. The molecule has 0 aliphatic heterocycles. The fraction of sp³-hybridized carbons (Fsp3) is 0.300. The molecule has 1 aromatic carbocycles. The van der Waals surface area contributed by atoms with Crippen LogP contribution in [0.3, 0.4) is 0 Å². The maximum Gasteiger partial charge on any atom is 0.134 e. The minimum absolute atomic E-state index is 0.0803. The number of halogens is 2. The topological polar surface area (TPSA) is 17.1 Å². The number of Topliss-reactive ketones (excluding diaryl/α,β-unsaturated/α-hetero) is 1. The predicted molar refractivity (Wildman–Crippen MR) is 53.3 cm³/mol. The third-order valence-electron chi connectivity index (χ3n) is 1.70. The van der Waals surface area contributed by atoms with E-state index in [0.717, 1.165) is 10.0 Å². The molecule has 0 heterocycles. The molecule has 0 aromatic heterocycles. The summed E-state index contributed by atoms with van der Waals surface area (Å²) in [6, 6.07) is 5.19. The van der Waals surface area contributed by atoms with Crippen LogP contribution in [-0.2, 0) is 17.9 Å². The summed E-state index contributed by atoms with van der Waals surface area (Å²) >= 11 is 3.31. The normalized spacial score (nSPS) is 10.1. The van der Waals surface area contributed by atoms with Gasteiger partial charge in [-0.05, 0) is 24.1 Å². The molecule has 1 nitrogen and oxygen atoms in total. The van der Waals surface area contributed by atoms with Crippen molar-refractivity contribution in [3.63, 3.8) is 0 Å². The Morgan fingerprint density at radius 3 is 2.77 bits per heavy atom. The summed E-state index contributed by atoms with van der Waals surface area (Å²) in [5.41, 5.74) is 1.46. The Morgan fingerprint density at radius 1 is 1.54 bits per heavy atom. The van der Waals surface area contributed by atoms with Crippen molar-refractivity contribution >= 4 is 21.7 Å². The second-order valence-corrected chi connectivity index (χ2v) is 3.79. The summed E-state index contributed by atoms with van der Waals surface area (Å²) < 4.78 is 13.1. The van der Waals surface area contributed by atoms with Gasteiger partial charge in [0.05, 0.1) is 0 Å². The van der Waals surface area contributed by atoms with E-state index in [4.69, 9.17) is 0 Å². The Bertz CT molecular complexity index is 323. The third-order valence-corrected chi connectivity index (χ3v) is 2.48. The number of hydrogen-bond donors (Lipinski definition) is 0. The highest BCUT2D eigenvalue weighted by Gasteiger charge is 2.03. The predicted octanol–water partition coefficient (Wildman–Crippen LogP) is 3.05. The lowest BCUT2D eigenvalue weighted by Gasteiger charge is -2.03. The monoisotopic (exact) mass is 244 g/mol. The lowest BCUT2D eigenvalue weighted by molar-refractivity contribution is -0.116. The van der Waals surface area contributed by atoms with E-state index in [1.165, 1.54) is 6.92 Å². The van der Waals surface area contributed by atoms with Crippen LogP contribution in [0.25, 0.3) is 0 Å². The molecule has 0 amide bonds. The van der Waals surface area contributed by atoms with Crippen LogP contribution in [0, 0.1) is 0 Å². The number of benzene rings is 1. The first kappa shape index (κ1) is 10.4. The highest BCUT2D eigenvalue weighted by atomic mass is 79.9. The van der Waals surface area contributed by atoms with E-state index >= 15 is 0 Å². The van der Waals surface area contributed by atoms with E-state index in [9.17, 15) is 9.18 Å². The molecule has 0 saturated carbocycles. The van der Waals surface area contributed by atoms with Gasteiger partial charge < -0.3 is 0 Å². The van der Waals surface area contributed by atoms with Crippen molar-refractivity contribution in [2.24, 2.45) is 0 Å². The van der Waals surface area contributed by atoms with Crippen LogP contribution in [0.4, 0.5) is 4.39 Å². The van der Waals surface area contributed by atoms with Gasteiger partial charge in [0.1, 0.15) is 12.5 Å². The lowest BCUT2D eigenvalue weighted by Crippen LogP contribution is -1.98. The van der Waals surface area contributed by atoms with Gasteiger partial charge in [0.15, 0.2) is 0 Å². The minimum atomic E-state index is -0.488. The van der Waals surface area contributed by atoms with E-state index in [1.54, 1.807) is 18.2 Å². The average molecular weight is 245 g/mol. The molecule has 0 aliphatic rings. The Morgan fingerprint density at radius 2 is 2.23 bits per heavy atom. The number of hydrogen-bond acceptors (Lipinski definition) is 1. The first-order chi connectivity index (χ1) is 6.13. The van der Waals surface area contributed by atoms with Gasteiger partial charge in [0, 0.05) is 10.9 Å². The Labute approximate surface area is 85.1 Å². The molecule has 0 fully saturated rings. The molecular formula is C10H10BrFO. The quantitative estimate of drug-likeness (QED) is 0.799. The maximum absolute atomic E-state index is 12.3. The van der Waals surface area contributed by atoms with Gasteiger partial charge in [-0.2, -0.15) is 0 Å². The highest BCUT2D eigenvalue weighted by molar-refractivity contribution is 9.10. The fourth-order valence-electron chi connectivity index (χ4n) is 1.11. The molecule has 13 heavy (non-hydrogen) atoms. The molecule has 1 rings (SSSR count). The van der Waals surface area contributed by atoms with E-state index in [0.29, 0.717) is 12.0 Å². The van der Waals surface area contributed by atoms with Crippen molar-refractivity contribution in [2.45, 2.75) is 20.0 Å². The largest absolute Gasteiger partial charge is 0.300 e. The summed E-state index contributed by atoms with van der Waals surface area (Å²) in [6.45, 7) is 1.03. The molecule has 0 radical (unpaired) electrons. The number of rotatable bonds is 3. The summed E-state index contributed by atoms with van der Waals surface area (Å²) in [7, 11) is 0. The van der Waals surface area contributed by atoms with Crippen LogP contribution < -0.4 is 0 Å². The van der Waals surface area contributed by atoms with Crippen LogP contribution in [0.2, 0.25) is 0 Å². The van der Waals surface area contributed by atoms with Gasteiger partial charge in [-0.15, -0.1) is 0 Å². The minimum Gasteiger partial charge on any atom is -0.300 e. The van der Waals surface area contributed by atoms with Crippen LogP contribution >= 0.6 is 15.9 Å². The zero-order valence-corrected chi connectivity index (χ0v) is 8.90. The number of ketones is 1. The van der Waals surface area contributed by atoms with Gasteiger partial charge in [0.25, 0.3) is 0 Å². The van der Waals surface area contributed by atoms with E-state index < -0.39 is 6.67 Å². The number of carbonyl (C=O) groups excluding carboxylic acids is 1. The van der Waals surface area contributed by atoms with Crippen molar-refractivity contribution in [3.8, 4) is 0 Å². The molecule has 0 bridgehead atoms. The third kappa shape index (κ3) is 2.92. The van der Waals surface area contributed by atoms with E-state index in [1.807, 2.05) is 0 Å². The summed E-state index contributed by atoms with van der Waals surface area (Å²) in [6.07, 6.45) is 0.356. The van der Waals surface area contributed by atoms with Gasteiger partial charge in [0.2, 0.25) is 0 Å². The molecule has 0 atom stereocenters. The second-order valence-electron chi connectivity index (χ2n) is 2.94. The molecule has 1 aromatic rings. The van der Waals surface area contributed by atoms with Crippen LogP contribution in [0.1, 0.15) is 18.1 Å². The van der Waals surface area contributed by atoms with Crippen LogP contribution in [0.5, 0.6) is 0 Å². The molecule has 0 N–H and O–H groups in total. The van der Waals surface area contributed by atoms with Crippen LogP contribution in [0.15, 0.2) is 22.7 Å². The Balaban J connectivity index is 2.96. The highest BCUT2D eigenvalue weighted by Crippen LogP contribution is 2.19. The van der Waals surface area contributed by atoms with Crippen molar-refractivity contribution in [1.82, 2.24) is 0 Å². The Kier molecular flexibility index (Phi) is 3.60. The van der Waals surface area contributed by atoms with Gasteiger partial charge in [-0.3, -0.25) is 4.79 Å². The smallest absolute Gasteiger partial charge is 0.134 e. The molecule has 70 valence electrons. The fourth-order valence-corrected chi connectivity index (χ4v) is 1.50. The van der Waals surface area contributed by atoms with Gasteiger partial charge in [-0.1, -0.05) is 28.1 Å². The van der Waals surface area contributed by atoms with Crippen molar-refractivity contribution in [3.05, 3.63) is 33.8 Å². The summed E-state index contributed by atoms with van der Waals surface area (Å²) in [5.74, 6) is 0.0803. The maximum atomic E-state index is 12.3. The Hall–Kier alpha value is -0.700. The standard InChI is InChI=1S/C10H10BrFO/c1-7(13)4-9-5-8(6-12)2-3-10(9)11/h2-3,5H,4,6H2,1H3. The SMILES string of the molecule is CC(=O)Cc1cc(CF)ccc1Br. The lowest BCUT2D eigenvalue weighted by atomic mass is 10.1. The molecule has 3 heteroatoms. The zero-order chi connectivity index (χ0) is 9.84. The summed E-state index contributed by atoms with van der Waals surface area (Å²) in [4.78, 5) is 10.9. The van der Waals surface area contributed by atoms with Crippen LogP contribution in [-0.4, -0.2) is 5.78 Å². The number of carbonyl (C=O) groups is 1. The van der Waals surface area contributed by atoms with Crippen molar-refractivity contribution in [1.29, 1.82) is 0 Å². The zero-order valence-electron chi connectivity index (χ0n) is 7.31. The number of alkyl halides is 1. The van der Waals surface area contributed by atoms with Gasteiger partial charge in [-0.25, -0.2) is 4.39 Å². The average Bonchev–Trinajstić information content (AvgIpc) is 2.08. The molecular weight excluding hydrogens is 235 g/mol. The van der Waals surface area contributed by atoms with Crippen molar-refractivity contribution < 1.29 is 9.18 Å². The first-order valence-electron chi connectivity index (χ1n) is 3.96. The van der Waals surface area contributed by atoms with Gasteiger partial charge >= 0.3 is 0 Å². The second kappa shape index (κ2) is 4.51. The summed E-state index contributed by atoms with van der Waals surface area (Å²) in [5, 5.41) is 0. The van der Waals surface area contributed by atoms with Crippen molar-refractivity contribution in [2.75, 3.05) is 0 Å².